The van der Waals surface area contributed by atoms with Gasteiger partial charge in [0, 0.05) is 20.1 Å². The van der Waals surface area contributed by atoms with Crippen molar-refractivity contribution < 1.29 is 23.7 Å². The number of ether oxygens (including phenoxy) is 4. The summed E-state index contributed by atoms with van der Waals surface area (Å²) in [5, 5.41) is 2.63. The minimum atomic E-state index is -0.471. The molecule has 1 N–H and O–H groups in total. The quantitative estimate of drug-likeness (QED) is 0.560. The lowest BCUT2D eigenvalue weighted by atomic mass is 10.1. The number of carbonyl (C=O) groups excluding carboxylic acids is 1. The van der Waals surface area contributed by atoms with Crippen molar-refractivity contribution in [3.8, 4) is 0 Å². The highest BCUT2D eigenvalue weighted by atomic mass is 16.7. The van der Waals surface area contributed by atoms with Crippen LogP contribution in [0.5, 0.6) is 0 Å². The number of carbonyl (C=O) groups is 1. The van der Waals surface area contributed by atoms with Gasteiger partial charge < -0.3 is 24.3 Å². The van der Waals surface area contributed by atoms with E-state index in [1.54, 1.807) is 7.11 Å². The number of fused-ring (bicyclic) bond motifs is 1. The summed E-state index contributed by atoms with van der Waals surface area (Å²) in [6, 6.07) is 0. The molecule has 0 radical (unpaired) electrons. The first kappa shape index (κ1) is 12.3. The Bertz CT molecular complexity index is 296. The monoisotopic (exact) mass is 243 g/mol. The largest absolute Gasteiger partial charge is 0.445 e. The summed E-state index contributed by atoms with van der Waals surface area (Å²) in [5.74, 6) is 0. The van der Waals surface area contributed by atoms with E-state index in [0.29, 0.717) is 6.54 Å². The Hall–Kier alpha value is -1.11. The van der Waals surface area contributed by atoms with Gasteiger partial charge in [0.2, 0.25) is 0 Å². The fourth-order valence-electron chi connectivity index (χ4n) is 1.87. The highest BCUT2D eigenvalue weighted by Gasteiger charge is 2.51. The van der Waals surface area contributed by atoms with Crippen molar-refractivity contribution in [2.45, 2.75) is 31.0 Å². The topological polar surface area (TPSA) is 69.3 Å². The molecule has 2 unspecified atom stereocenters. The van der Waals surface area contributed by atoms with Crippen molar-refractivity contribution in [1.29, 1.82) is 0 Å². The molecule has 0 aromatic heterocycles. The van der Waals surface area contributed by atoms with Gasteiger partial charge in [0.25, 0.3) is 0 Å². The van der Waals surface area contributed by atoms with Crippen molar-refractivity contribution >= 4 is 6.09 Å². The molecule has 0 aromatic rings. The molecule has 0 spiro atoms. The third kappa shape index (κ3) is 3.18. The first-order valence-electron chi connectivity index (χ1n) is 5.60. The number of hydrogen-bond donors (Lipinski definition) is 1. The molecule has 96 valence electrons. The minimum absolute atomic E-state index is 0.0592. The van der Waals surface area contributed by atoms with Gasteiger partial charge in [-0.3, -0.25) is 0 Å². The maximum atomic E-state index is 11.2. The summed E-state index contributed by atoms with van der Waals surface area (Å²) in [7, 11) is 1.58. The van der Waals surface area contributed by atoms with Gasteiger partial charge in [-0.05, 0) is 0 Å². The maximum Gasteiger partial charge on any atom is 0.407 e. The molecular weight excluding hydrogens is 226 g/mol. The van der Waals surface area contributed by atoms with Crippen molar-refractivity contribution in [3.05, 3.63) is 12.7 Å². The van der Waals surface area contributed by atoms with Crippen LogP contribution in [0.25, 0.3) is 0 Å². The van der Waals surface area contributed by atoms with Gasteiger partial charge in [0.1, 0.15) is 12.7 Å². The molecule has 17 heavy (non-hydrogen) atoms. The second-order valence-corrected chi connectivity index (χ2v) is 4.01. The van der Waals surface area contributed by atoms with Gasteiger partial charge in [-0.25, -0.2) is 4.79 Å². The minimum Gasteiger partial charge on any atom is -0.445 e. The predicted molar refractivity (Wildman–Crippen MR) is 58.5 cm³/mol. The van der Waals surface area contributed by atoms with E-state index in [1.165, 1.54) is 6.08 Å². The fourth-order valence-corrected chi connectivity index (χ4v) is 1.87. The van der Waals surface area contributed by atoms with E-state index < -0.39 is 6.09 Å². The van der Waals surface area contributed by atoms with Crippen LogP contribution in [0, 0.1) is 0 Å². The number of alkyl carbamates (subject to hydrolysis) is 1. The number of rotatable bonds is 5. The number of hydrogen-bond acceptors (Lipinski definition) is 5. The Morgan fingerprint density at radius 3 is 3.12 bits per heavy atom. The Morgan fingerprint density at radius 2 is 2.41 bits per heavy atom. The average Bonchev–Trinajstić information content (AvgIpc) is 3.11. The van der Waals surface area contributed by atoms with Crippen LogP contribution in [0.3, 0.4) is 0 Å². The number of epoxide rings is 1. The Balaban J connectivity index is 1.68. The van der Waals surface area contributed by atoms with E-state index in [1.807, 2.05) is 0 Å². The third-order valence-corrected chi connectivity index (χ3v) is 2.75. The summed E-state index contributed by atoms with van der Waals surface area (Å²) in [6.07, 6.45) is 1.65. The van der Waals surface area contributed by atoms with E-state index >= 15 is 0 Å². The van der Waals surface area contributed by atoms with Crippen LogP contribution in [-0.4, -0.2) is 51.0 Å². The summed E-state index contributed by atoms with van der Waals surface area (Å²) in [4.78, 5) is 11.2. The molecule has 6 heteroatoms. The van der Waals surface area contributed by atoms with E-state index in [-0.39, 0.29) is 31.2 Å². The first-order chi connectivity index (χ1) is 8.24. The molecule has 2 aliphatic rings. The second kappa shape index (κ2) is 5.48. The summed E-state index contributed by atoms with van der Waals surface area (Å²) >= 11 is 0. The smallest absolute Gasteiger partial charge is 0.407 e. The lowest BCUT2D eigenvalue weighted by Crippen LogP contribution is -2.42. The lowest BCUT2D eigenvalue weighted by Gasteiger charge is -2.26. The molecule has 0 aliphatic carbocycles. The van der Waals surface area contributed by atoms with Crippen LogP contribution in [0.2, 0.25) is 0 Å². The zero-order valence-electron chi connectivity index (χ0n) is 9.76. The van der Waals surface area contributed by atoms with Gasteiger partial charge in [0.05, 0.1) is 12.2 Å². The second-order valence-electron chi connectivity index (χ2n) is 4.01. The van der Waals surface area contributed by atoms with Crippen LogP contribution in [0.1, 0.15) is 6.42 Å². The van der Waals surface area contributed by atoms with E-state index in [4.69, 9.17) is 18.9 Å². The SMILES string of the molecule is C=CCOC(=O)NCC1CC2O[C@@H]2[C@@H](OC)O1. The fraction of sp³-hybridized carbons (Fsp3) is 0.727. The van der Waals surface area contributed by atoms with Crippen LogP contribution in [0.4, 0.5) is 4.79 Å². The molecule has 2 fully saturated rings. The number of methoxy groups -OCH3 is 1. The Kier molecular flexibility index (Phi) is 3.98. The standard InChI is InChI=1S/C11H17NO5/c1-3-4-15-11(13)12-6-7-5-8-9(17-8)10(14-2)16-7/h3,7-10H,1,4-6H2,2H3,(H,12,13)/t7?,8?,9-,10-/m0/s1. The van der Waals surface area contributed by atoms with Crippen LogP contribution < -0.4 is 5.32 Å². The van der Waals surface area contributed by atoms with Crippen molar-refractivity contribution in [1.82, 2.24) is 5.32 Å². The Morgan fingerprint density at radius 1 is 1.59 bits per heavy atom. The third-order valence-electron chi connectivity index (χ3n) is 2.75. The maximum absolute atomic E-state index is 11.2. The van der Waals surface area contributed by atoms with Gasteiger partial charge in [-0.15, -0.1) is 0 Å². The first-order valence-corrected chi connectivity index (χ1v) is 5.60. The summed E-state index contributed by atoms with van der Waals surface area (Å²) in [6.45, 7) is 4.05. The molecule has 2 rings (SSSR count). The van der Waals surface area contributed by atoms with Crippen molar-refractivity contribution in [3.63, 3.8) is 0 Å². The molecule has 1 amide bonds. The van der Waals surface area contributed by atoms with Gasteiger partial charge in [0.15, 0.2) is 6.29 Å². The van der Waals surface area contributed by atoms with E-state index in [9.17, 15) is 4.79 Å². The summed E-state index contributed by atoms with van der Waals surface area (Å²) < 4.78 is 20.9. The molecular formula is C11H17NO5. The molecule has 2 saturated heterocycles. The van der Waals surface area contributed by atoms with Crippen LogP contribution in [0.15, 0.2) is 12.7 Å². The zero-order chi connectivity index (χ0) is 12.3. The molecule has 2 heterocycles. The highest BCUT2D eigenvalue weighted by Crippen LogP contribution is 2.37. The number of nitrogens with one attached hydrogen (secondary N) is 1. The van der Waals surface area contributed by atoms with Crippen molar-refractivity contribution in [2.24, 2.45) is 0 Å². The molecule has 0 saturated carbocycles. The van der Waals surface area contributed by atoms with Gasteiger partial charge in [-0.1, -0.05) is 12.7 Å². The highest BCUT2D eigenvalue weighted by molar-refractivity contribution is 5.67. The molecule has 0 aromatic carbocycles. The van der Waals surface area contributed by atoms with Gasteiger partial charge >= 0.3 is 6.09 Å². The normalized spacial score (nSPS) is 34.6. The molecule has 2 aliphatic heterocycles. The van der Waals surface area contributed by atoms with Crippen LogP contribution >= 0.6 is 0 Å². The van der Waals surface area contributed by atoms with Gasteiger partial charge in [-0.2, -0.15) is 0 Å². The van der Waals surface area contributed by atoms with E-state index in [2.05, 4.69) is 11.9 Å². The summed E-state index contributed by atoms with van der Waals surface area (Å²) in [5.41, 5.74) is 0. The van der Waals surface area contributed by atoms with Crippen molar-refractivity contribution in [2.75, 3.05) is 20.3 Å². The predicted octanol–water partition coefficient (Wildman–Crippen LogP) is 0.427. The van der Waals surface area contributed by atoms with Crippen LogP contribution in [-0.2, 0) is 18.9 Å². The lowest BCUT2D eigenvalue weighted by molar-refractivity contribution is -0.171. The molecule has 6 nitrogen and oxygen atoms in total. The molecule has 0 bridgehead atoms. The van der Waals surface area contributed by atoms with E-state index in [0.717, 1.165) is 6.42 Å². The Labute approximate surface area is 99.9 Å². The average molecular weight is 243 g/mol. The number of amides is 1. The molecule has 4 atom stereocenters. The zero-order valence-corrected chi connectivity index (χ0v) is 9.76.